The van der Waals surface area contributed by atoms with E-state index in [0.29, 0.717) is 12.8 Å². The SMILES string of the molecule is CC1(C#N)CCCCC1(F)F. The summed E-state index contributed by atoms with van der Waals surface area (Å²) in [5.74, 6) is -2.78. The second-order valence-electron chi connectivity index (χ2n) is 3.36. The molecule has 0 aromatic carbocycles. The summed E-state index contributed by atoms with van der Waals surface area (Å²) in [6.07, 6.45) is 1.50. The molecule has 1 atom stereocenters. The lowest BCUT2D eigenvalue weighted by Gasteiger charge is -2.35. The van der Waals surface area contributed by atoms with Crippen LogP contribution in [0.2, 0.25) is 0 Å². The fraction of sp³-hybridized carbons (Fsp3) is 0.875. The molecule has 1 fully saturated rings. The third-order valence-corrected chi connectivity index (χ3v) is 2.47. The lowest BCUT2D eigenvalue weighted by Crippen LogP contribution is -2.40. The van der Waals surface area contributed by atoms with Gasteiger partial charge in [-0.15, -0.1) is 0 Å². The third kappa shape index (κ3) is 1.22. The highest BCUT2D eigenvalue weighted by Crippen LogP contribution is 2.47. The van der Waals surface area contributed by atoms with Gasteiger partial charge in [-0.2, -0.15) is 5.26 Å². The van der Waals surface area contributed by atoms with E-state index in [-0.39, 0.29) is 6.42 Å². The maximum absolute atomic E-state index is 13.0. The molecule has 3 heteroatoms. The van der Waals surface area contributed by atoms with Crippen molar-refractivity contribution in [1.82, 2.24) is 0 Å². The number of nitrogens with zero attached hydrogens (tertiary/aromatic N) is 1. The minimum absolute atomic E-state index is 0.128. The van der Waals surface area contributed by atoms with Crippen LogP contribution in [-0.2, 0) is 0 Å². The Labute approximate surface area is 65.0 Å². The zero-order valence-electron chi connectivity index (χ0n) is 6.53. The van der Waals surface area contributed by atoms with Gasteiger partial charge in [-0.05, 0) is 19.8 Å². The number of hydrogen-bond acceptors (Lipinski definition) is 1. The molecule has 11 heavy (non-hydrogen) atoms. The molecule has 0 radical (unpaired) electrons. The number of rotatable bonds is 0. The summed E-state index contributed by atoms with van der Waals surface area (Å²) in [6, 6.07) is 1.72. The summed E-state index contributed by atoms with van der Waals surface area (Å²) in [6.45, 7) is 1.35. The van der Waals surface area contributed by atoms with Crippen molar-refractivity contribution in [3.8, 4) is 6.07 Å². The topological polar surface area (TPSA) is 23.8 Å². The van der Waals surface area contributed by atoms with E-state index >= 15 is 0 Å². The van der Waals surface area contributed by atoms with E-state index < -0.39 is 11.3 Å². The lowest BCUT2D eigenvalue weighted by atomic mass is 9.74. The van der Waals surface area contributed by atoms with Crippen LogP contribution in [0, 0.1) is 16.7 Å². The summed E-state index contributed by atoms with van der Waals surface area (Å²) in [5.41, 5.74) is -1.41. The Morgan fingerprint density at radius 3 is 2.18 bits per heavy atom. The molecule has 0 saturated heterocycles. The number of alkyl halides is 2. The molecule has 0 N–H and O–H groups in total. The van der Waals surface area contributed by atoms with Crippen LogP contribution in [0.15, 0.2) is 0 Å². The summed E-state index contributed by atoms with van der Waals surface area (Å²) in [4.78, 5) is 0. The Morgan fingerprint density at radius 1 is 1.27 bits per heavy atom. The van der Waals surface area contributed by atoms with Gasteiger partial charge in [0.25, 0.3) is 5.92 Å². The van der Waals surface area contributed by atoms with E-state index in [4.69, 9.17) is 5.26 Å². The minimum atomic E-state index is -2.78. The number of halogens is 2. The predicted molar refractivity (Wildman–Crippen MR) is 37.1 cm³/mol. The predicted octanol–water partition coefficient (Wildman–Crippen LogP) is 2.73. The van der Waals surface area contributed by atoms with E-state index in [2.05, 4.69) is 0 Å². The van der Waals surface area contributed by atoms with Crippen molar-refractivity contribution in [3.63, 3.8) is 0 Å². The van der Waals surface area contributed by atoms with Crippen LogP contribution in [0.3, 0.4) is 0 Å². The molecule has 1 aliphatic carbocycles. The van der Waals surface area contributed by atoms with Gasteiger partial charge in [0.15, 0.2) is 0 Å². The smallest absolute Gasteiger partial charge is 0.205 e. The highest BCUT2D eigenvalue weighted by molar-refractivity contribution is 5.06. The molecule has 0 aromatic heterocycles. The highest BCUT2D eigenvalue weighted by Gasteiger charge is 2.51. The van der Waals surface area contributed by atoms with E-state index in [1.54, 1.807) is 6.07 Å². The Balaban J connectivity index is 2.85. The largest absolute Gasteiger partial charge is 0.266 e. The molecule has 0 amide bonds. The van der Waals surface area contributed by atoms with E-state index in [0.717, 1.165) is 6.42 Å². The van der Waals surface area contributed by atoms with E-state index in [1.807, 2.05) is 0 Å². The molecule has 1 aliphatic rings. The van der Waals surface area contributed by atoms with Crippen molar-refractivity contribution >= 4 is 0 Å². The van der Waals surface area contributed by atoms with Crippen LogP contribution in [0.4, 0.5) is 8.78 Å². The molecule has 0 aromatic rings. The first-order valence-electron chi connectivity index (χ1n) is 3.81. The van der Waals surface area contributed by atoms with Gasteiger partial charge in [-0.25, -0.2) is 8.78 Å². The second-order valence-corrected chi connectivity index (χ2v) is 3.36. The summed E-state index contributed by atoms with van der Waals surface area (Å²) in [5, 5.41) is 8.56. The maximum Gasteiger partial charge on any atom is 0.266 e. The fourth-order valence-corrected chi connectivity index (χ4v) is 1.42. The molecule has 1 unspecified atom stereocenters. The Bertz CT molecular complexity index is 195. The molecule has 0 bridgehead atoms. The summed E-state index contributed by atoms with van der Waals surface area (Å²) >= 11 is 0. The molecule has 1 rings (SSSR count). The Hall–Kier alpha value is -0.650. The standard InChI is InChI=1S/C8H11F2N/c1-7(6-11)4-2-3-5-8(7,9)10/h2-5H2,1H3. The number of hydrogen-bond donors (Lipinski definition) is 0. The van der Waals surface area contributed by atoms with Gasteiger partial charge >= 0.3 is 0 Å². The van der Waals surface area contributed by atoms with Crippen molar-refractivity contribution in [2.45, 2.75) is 38.5 Å². The van der Waals surface area contributed by atoms with Crippen LogP contribution in [-0.4, -0.2) is 5.92 Å². The normalized spacial score (nSPS) is 36.2. The van der Waals surface area contributed by atoms with Crippen LogP contribution in [0.5, 0.6) is 0 Å². The molecule has 0 aliphatic heterocycles. The van der Waals surface area contributed by atoms with E-state index in [9.17, 15) is 8.78 Å². The summed E-state index contributed by atoms with van der Waals surface area (Å²) < 4.78 is 26.1. The maximum atomic E-state index is 13.0. The van der Waals surface area contributed by atoms with Gasteiger partial charge in [0, 0.05) is 6.42 Å². The first-order chi connectivity index (χ1) is 5.02. The monoisotopic (exact) mass is 159 g/mol. The van der Waals surface area contributed by atoms with Gasteiger partial charge in [-0.3, -0.25) is 0 Å². The molecule has 0 heterocycles. The minimum Gasteiger partial charge on any atom is -0.205 e. The molecule has 1 nitrogen and oxygen atoms in total. The van der Waals surface area contributed by atoms with Gasteiger partial charge in [0.05, 0.1) is 6.07 Å². The van der Waals surface area contributed by atoms with Crippen molar-refractivity contribution in [3.05, 3.63) is 0 Å². The van der Waals surface area contributed by atoms with Crippen molar-refractivity contribution in [2.24, 2.45) is 5.41 Å². The fourth-order valence-electron chi connectivity index (χ4n) is 1.42. The molecule has 0 spiro atoms. The average molecular weight is 159 g/mol. The molecule has 1 saturated carbocycles. The first-order valence-corrected chi connectivity index (χ1v) is 3.81. The van der Waals surface area contributed by atoms with Crippen LogP contribution >= 0.6 is 0 Å². The average Bonchev–Trinajstić information content (AvgIpc) is 1.95. The Morgan fingerprint density at radius 2 is 1.82 bits per heavy atom. The summed E-state index contributed by atoms with van der Waals surface area (Å²) in [7, 11) is 0. The highest BCUT2D eigenvalue weighted by atomic mass is 19.3. The van der Waals surface area contributed by atoms with Crippen LogP contribution < -0.4 is 0 Å². The molecular weight excluding hydrogens is 148 g/mol. The van der Waals surface area contributed by atoms with Crippen molar-refractivity contribution < 1.29 is 8.78 Å². The van der Waals surface area contributed by atoms with Crippen molar-refractivity contribution in [1.29, 1.82) is 5.26 Å². The van der Waals surface area contributed by atoms with Gasteiger partial charge in [-0.1, -0.05) is 6.42 Å². The lowest BCUT2D eigenvalue weighted by molar-refractivity contribution is -0.113. The second kappa shape index (κ2) is 2.44. The van der Waals surface area contributed by atoms with Gasteiger partial charge < -0.3 is 0 Å². The van der Waals surface area contributed by atoms with Gasteiger partial charge in [0.2, 0.25) is 0 Å². The third-order valence-electron chi connectivity index (χ3n) is 2.47. The molecular formula is C8H11F2N. The van der Waals surface area contributed by atoms with E-state index in [1.165, 1.54) is 6.92 Å². The zero-order chi connectivity index (χ0) is 8.54. The van der Waals surface area contributed by atoms with Gasteiger partial charge in [0.1, 0.15) is 5.41 Å². The van der Waals surface area contributed by atoms with Crippen LogP contribution in [0.1, 0.15) is 32.6 Å². The zero-order valence-corrected chi connectivity index (χ0v) is 6.53. The number of nitriles is 1. The quantitative estimate of drug-likeness (QED) is 0.533. The Kier molecular flexibility index (Phi) is 1.87. The van der Waals surface area contributed by atoms with Crippen LogP contribution in [0.25, 0.3) is 0 Å². The van der Waals surface area contributed by atoms with Crippen molar-refractivity contribution in [2.75, 3.05) is 0 Å². The first kappa shape index (κ1) is 8.45. The molecule has 62 valence electrons.